The van der Waals surface area contributed by atoms with Crippen molar-refractivity contribution in [2.24, 2.45) is 0 Å². The Morgan fingerprint density at radius 3 is 1.25 bits per heavy atom. The van der Waals surface area contributed by atoms with Crippen molar-refractivity contribution in [3.05, 3.63) is 0 Å². The summed E-state index contributed by atoms with van der Waals surface area (Å²) in [6.07, 6.45) is 0. The summed E-state index contributed by atoms with van der Waals surface area (Å²) in [6.45, 7) is 0. The van der Waals surface area contributed by atoms with E-state index in [-0.39, 0.29) is 38.3 Å². The first-order valence-electron chi connectivity index (χ1n) is 0.204. The molecule has 0 saturated heterocycles. The molecule has 0 aliphatic carbocycles. The SMILES string of the molecule is [LiH].[O]=[Ti].[Zn]. The second kappa shape index (κ2) is 21.9. The predicted molar refractivity (Wildman–Crippen MR) is 7.84 cm³/mol. The topological polar surface area (TPSA) is 17.1 Å². The summed E-state index contributed by atoms with van der Waals surface area (Å²) in [5.74, 6) is 0. The fraction of sp³-hybridized carbons (Fsp3) is 0. The first kappa shape index (κ1) is 17.2. The van der Waals surface area contributed by atoms with E-state index < -0.39 is 0 Å². The zero-order chi connectivity index (χ0) is 2.00. The molecule has 0 rings (SSSR count). The van der Waals surface area contributed by atoms with Gasteiger partial charge in [0.1, 0.15) is 0 Å². The van der Waals surface area contributed by atoms with Crippen LogP contribution in [0.2, 0.25) is 0 Å². The van der Waals surface area contributed by atoms with Gasteiger partial charge in [-0.05, 0) is 0 Å². The summed E-state index contributed by atoms with van der Waals surface area (Å²) < 4.78 is 8.25. The molecule has 0 aromatic carbocycles. The van der Waals surface area contributed by atoms with Gasteiger partial charge in [-0.1, -0.05) is 0 Å². The zero-order valence-corrected chi connectivity index (χ0v) is 6.14. The third-order valence-corrected chi connectivity index (χ3v) is 0. The molecular formula is HLiOTiZn. The van der Waals surface area contributed by atoms with Gasteiger partial charge in [-0.15, -0.1) is 0 Å². The Morgan fingerprint density at radius 2 is 1.25 bits per heavy atom. The second-order valence-corrected chi connectivity index (χ2v) is 0. The molecule has 0 unspecified atom stereocenters. The van der Waals surface area contributed by atoms with Gasteiger partial charge < -0.3 is 0 Å². The summed E-state index contributed by atoms with van der Waals surface area (Å²) >= 11 is 0.750. The van der Waals surface area contributed by atoms with Gasteiger partial charge in [0.25, 0.3) is 0 Å². The third-order valence-electron chi connectivity index (χ3n) is 0. The Kier molecular flexibility index (Phi) is 94.3. The van der Waals surface area contributed by atoms with Crippen LogP contribution in [0.4, 0.5) is 0 Å². The summed E-state index contributed by atoms with van der Waals surface area (Å²) in [7, 11) is 0. The Morgan fingerprint density at radius 1 is 1.25 bits per heavy atom. The van der Waals surface area contributed by atoms with Gasteiger partial charge >= 0.3 is 42.6 Å². The number of rotatable bonds is 0. The zero-order valence-electron chi connectivity index (χ0n) is 1.62. The standard InChI is InChI=1S/Li.O.Ti.Zn.H. The number of hydrogen-bond donors (Lipinski definition) is 0. The Hall–Kier alpha value is 1.74. The largest absolute Gasteiger partial charge is 0 e. The normalized spacial score (nSPS) is 0.750. The van der Waals surface area contributed by atoms with Crippen molar-refractivity contribution in [3.8, 4) is 0 Å². The van der Waals surface area contributed by atoms with Crippen molar-refractivity contribution in [1.82, 2.24) is 0 Å². The van der Waals surface area contributed by atoms with Crippen molar-refractivity contribution < 1.29 is 43.2 Å². The maximum absolute atomic E-state index is 8.25. The molecule has 0 aliphatic heterocycles. The Bertz CT molecular complexity index is 8.00. The first-order chi connectivity index (χ1) is 1.00. The molecular weight excluding hydrogens is 136 g/mol. The van der Waals surface area contributed by atoms with Gasteiger partial charge in [0, 0.05) is 19.5 Å². The predicted octanol–water partition coefficient (Wildman–Crippen LogP) is -0.772. The first-order valence-corrected chi connectivity index (χ1v) is 0.842. The third kappa shape index (κ3) is 9.28. The van der Waals surface area contributed by atoms with Gasteiger partial charge in [0.2, 0.25) is 0 Å². The van der Waals surface area contributed by atoms with E-state index >= 15 is 0 Å². The summed E-state index contributed by atoms with van der Waals surface area (Å²) in [4.78, 5) is 0. The van der Waals surface area contributed by atoms with Crippen LogP contribution in [0.5, 0.6) is 0 Å². The van der Waals surface area contributed by atoms with Gasteiger partial charge in [-0.3, -0.25) is 0 Å². The van der Waals surface area contributed by atoms with Crippen LogP contribution in [0, 0.1) is 0 Å². The van der Waals surface area contributed by atoms with Crippen LogP contribution in [0.25, 0.3) is 0 Å². The van der Waals surface area contributed by atoms with E-state index in [0.717, 1.165) is 20.4 Å². The smallest absolute Gasteiger partial charge is 0 e. The van der Waals surface area contributed by atoms with Gasteiger partial charge in [-0.25, -0.2) is 0 Å². The van der Waals surface area contributed by atoms with E-state index in [1.165, 1.54) is 0 Å². The summed E-state index contributed by atoms with van der Waals surface area (Å²) in [6, 6.07) is 0. The fourth-order valence-electron chi connectivity index (χ4n) is 0. The van der Waals surface area contributed by atoms with Crippen LogP contribution in [-0.2, 0) is 43.2 Å². The van der Waals surface area contributed by atoms with E-state index in [4.69, 9.17) is 3.32 Å². The van der Waals surface area contributed by atoms with E-state index in [1.807, 2.05) is 0 Å². The Labute approximate surface area is 61.6 Å². The molecule has 0 spiro atoms. The average molecular weight is 137 g/mol. The molecule has 1 nitrogen and oxygen atoms in total. The molecule has 4 heteroatoms. The molecule has 0 fully saturated rings. The number of hydrogen-bond acceptors (Lipinski definition) is 1. The summed E-state index contributed by atoms with van der Waals surface area (Å²) in [5, 5.41) is 0. The van der Waals surface area contributed by atoms with Crippen molar-refractivity contribution in [1.29, 1.82) is 0 Å². The second-order valence-electron chi connectivity index (χ2n) is 0. The molecule has 0 heterocycles. The molecule has 0 radical (unpaired) electrons. The van der Waals surface area contributed by atoms with Crippen LogP contribution in [0.15, 0.2) is 0 Å². The molecule has 0 aromatic rings. The molecule has 4 heavy (non-hydrogen) atoms. The molecule has 14 valence electrons. The molecule has 0 atom stereocenters. The van der Waals surface area contributed by atoms with Gasteiger partial charge in [0.05, 0.1) is 0 Å². The molecule has 0 aliphatic rings. The quantitative estimate of drug-likeness (QED) is 0.401. The van der Waals surface area contributed by atoms with Crippen LogP contribution in [0.3, 0.4) is 0 Å². The molecule has 0 bridgehead atoms. The minimum atomic E-state index is 0. The summed E-state index contributed by atoms with van der Waals surface area (Å²) in [5.41, 5.74) is 0. The molecule has 0 saturated carbocycles. The molecule has 0 N–H and O–H groups in total. The van der Waals surface area contributed by atoms with Crippen LogP contribution >= 0.6 is 0 Å². The minimum absolute atomic E-state index is 0. The van der Waals surface area contributed by atoms with Crippen LogP contribution in [-0.4, -0.2) is 18.9 Å². The van der Waals surface area contributed by atoms with E-state index in [9.17, 15) is 0 Å². The minimum Gasteiger partial charge on any atom is 0 e. The molecule has 0 amide bonds. The maximum Gasteiger partial charge on any atom is 0 e. The van der Waals surface area contributed by atoms with E-state index in [0.29, 0.717) is 0 Å². The monoisotopic (exact) mass is 136 g/mol. The van der Waals surface area contributed by atoms with E-state index in [2.05, 4.69) is 0 Å². The van der Waals surface area contributed by atoms with Crippen LogP contribution in [0.1, 0.15) is 0 Å². The van der Waals surface area contributed by atoms with Crippen molar-refractivity contribution in [2.75, 3.05) is 0 Å². The van der Waals surface area contributed by atoms with Crippen LogP contribution < -0.4 is 0 Å². The van der Waals surface area contributed by atoms with Crippen molar-refractivity contribution >= 4 is 18.9 Å². The maximum atomic E-state index is 8.25. The average Bonchev–Trinajstić information content (AvgIpc) is 1.00. The van der Waals surface area contributed by atoms with Gasteiger partial charge in [0.15, 0.2) is 0 Å². The fourth-order valence-corrected chi connectivity index (χ4v) is 0. The van der Waals surface area contributed by atoms with E-state index in [1.54, 1.807) is 0 Å². The molecule has 0 aromatic heterocycles. The van der Waals surface area contributed by atoms with Crippen molar-refractivity contribution in [3.63, 3.8) is 0 Å². The van der Waals surface area contributed by atoms with Crippen molar-refractivity contribution in [2.45, 2.75) is 0 Å². The van der Waals surface area contributed by atoms with Gasteiger partial charge in [-0.2, -0.15) is 0 Å². The Balaban J connectivity index is -0.00000000500.